The van der Waals surface area contributed by atoms with E-state index >= 15 is 0 Å². The molecule has 2 aromatic rings. The number of hydrazine groups is 1. The van der Waals surface area contributed by atoms with Crippen molar-refractivity contribution in [3.05, 3.63) is 39.0 Å². The Balaban J connectivity index is 2.11. The predicted octanol–water partition coefficient (Wildman–Crippen LogP) is 2.64. The molecule has 0 aliphatic carbocycles. The lowest BCUT2D eigenvalue weighted by atomic mass is 10.3. The molecule has 1 aromatic carbocycles. The van der Waals surface area contributed by atoms with Crippen molar-refractivity contribution in [1.82, 2.24) is 20.4 Å². The number of hydrogen-bond donors (Lipinski definition) is 2. The summed E-state index contributed by atoms with van der Waals surface area (Å²) in [6, 6.07) is 8.06. The molecule has 0 spiro atoms. The Kier molecular flexibility index (Phi) is 5.40. The molecule has 1 aromatic heterocycles. The van der Waals surface area contributed by atoms with Crippen LogP contribution in [0.15, 0.2) is 38.2 Å². The van der Waals surface area contributed by atoms with Gasteiger partial charge < -0.3 is 0 Å². The average Bonchev–Trinajstić information content (AvgIpc) is 2.73. The molecule has 19 heavy (non-hydrogen) atoms. The van der Waals surface area contributed by atoms with E-state index in [1.807, 2.05) is 25.2 Å². The first-order chi connectivity index (χ1) is 9.13. The molecule has 8 heteroatoms. The maximum Gasteiger partial charge on any atom is 0.153 e. The van der Waals surface area contributed by atoms with Crippen molar-refractivity contribution in [2.45, 2.75) is 10.9 Å². The van der Waals surface area contributed by atoms with Crippen molar-refractivity contribution in [1.29, 1.82) is 0 Å². The Morgan fingerprint density at radius 3 is 2.74 bits per heavy atom. The van der Waals surface area contributed by atoms with Crippen LogP contribution in [0.1, 0.15) is 11.7 Å². The van der Waals surface area contributed by atoms with Crippen LogP contribution in [-0.2, 0) is 7.05 Å². The van der Waals surface area contributed by atoms with Gasteiger partial charge in [-0.3, -0.25) is 11.3 Å². The number of benzene rings is 1. The Morgan fingerprint density at radius 1 is 1.42 bits per heavy atom. The largest absolute Gasteiger partial charge is 0.271 e. The van der Waals surface area contributed by atoms with E-state index in [0.717, 1.165) is 15.9 Å². The third-order valence-electron chi connectivity index (χ3n) is 2.60. The summed E-state index contributed by atoms with van der Waals surface area (Å²) in [5.41, 5.74) is 3.74. The molecule has 2 rings (SSSR count). The van der Waals surface area contributed by atoms with Gasteiger partial charge in [0.2, 0.25) is 0 Å². The number of nitrogens with two attached hydrogens (primary N) is 1. The van der Waals surface area contributed by atoms with Gasteiger partial charge in [-0.15, -0.1) is 16.9 Å². The minimum Gasteiger partial charge on any atom is -0.271 e. The van der Waals surface area contributed by atoms with E-state index in [9.17, 15) is 0 Å². The molecule has 0 fully saturated rings. The number of aryl methyl sites for hydroxylation is 1. The van der Waals surface area contributed by atoms with Crippen LogP contribution in [0.3, 0.4) is 0 Å². The Morgan fingerprint density at radius 2 is 2.16 bits per heavy atom. The highest BCUT2D eigenvalue weighted by Crippen LogP contribution is 2.31. The normalized spacial score (nSPS) is 12.6. The van der Waals surface area contributed by atoms with Crippen LogP contribution in [0.2, 0.25) is 0 Å². The highest BCUT2D eigenvalue weighted by Gasteiger charge is 2.19. The monoisotopic (exact) mass is 405 g/mol. The molecule has 0 amide bonds. The quantitative estimate of drug-likeness (QED) is 0.453. The van der Waals surface area contributed by atoms with E-state index in [2.05, 4.69) is 53.7 Å². The molecule has 0 saturated heterocycles. The Bertz CT molecular complexity index is 540. The molecule has 1 heterocycles. The van der Waals surface area contributed by atoms with Gasteiger partial charge >= 0.3 is 0 Å². The molecule has 0 radical (unpaired) electrons. The average molecular weight is 407 g/mol. The summed E-state index contributed by atoms with van der Waals surface area (Å²) in [7, 11) is 1.85. The lowest BCUT2D eigenvalue weighted by molar-refractivity contribution is 0.550. The van der Waals surface area contributed by atoms with Crippen molar-refractivity contribution in [2.24, 2.45) is 12.9 Å². The van der Waals surface area contributed by atoms with Crippen LogP contribution in [0.4, 0.5) is 0 Å². The lowest BCUT2D eigenvalue weighted by Crippen LogP contribution is -2.31. The fourth-order valence-corrected chi connectivity index (χ4v) is 3.86. The zero-order valence-corrected chi connectivity index (χ0v) is 14.2. The molecule has 102 valence electrons. The van der Waals surface area contributed by atoms with Crippen molar-refractivity contribution in [3.8, 4) is 0 Å². The first-order valence-electron chi connectivity index (χ1n) is 5.52. The van der Waals surface area contributed by atoms with Gasteiger partial charge in [0, 0.05) is 22.2 Å². The third-order valence-corrected chi connectivity index (χ3v) is 5.29. The molecule has 3 N–H and O–H groups in total. The van der Waals surface area contributed by atoms with Crippen molar-refractivity contribution < 1.29 is 0 Å². The van der Waals surface area contributed by atoms with E-state index in [4.69, 9.17) is 5.84 Å². The molecule has 5 nitrogen and oxygen atoms in total. The number of halogens is 2. The molecule has 0 aliphatic rings. The molecule has 0 aliphatic heterocycles. The topological polar surface area (TPSA) is 68.8 Å². The molecular formula is C11H13Br2N5S. The maximum atomic E-state index is 5.64. The number of thioether (sulfide) groups is 1. The number of nitrogens with zero attached hydrogens (tertiary/aromatic N) is 3. The van der Waals surface area contributed by atoms with Gasteiger partial charge in [-0.2, -0.15) is 0 Å². The summed E-state index contributed by atoms with van der Waals surface area (Å²) in [6.45, 7) is 0. The van der Waals surface area contributed by atoms with Crippen LogP contribution in [0, 0.1) is 0 Å². The summed E-state index contributed by atoms with van der Waals surface area (Å²) in [6.07, 6.45) is 0. The molecule has 1 atom stereocenters. The lowest BCUT2D eigenvalue weighted by Gasteiger charge is -2.16. The van der Waals surface area contributed by atoms with Gasteiger partial charge in [0.05, 0.1) is 11.7 Å². The van der Waals surface area contributed by atoms with Gasteiger partial charge in [-0.25, -0.2) is 4.68 Å². The van der Waals surface area contributed by atoms with Gasteiger partial charge in [0.1, 0.15) is 0 Å². The van der Waals surface area contributed by atoms with Crippen LogP contribution < -0.4 is 11.3 Å². The van der Waals surface area contributed by atoms with Crippen molar-refractivity contribution >= 4 is 43.6 Å². The standard InChI is InChI=1S/C11H13Br2N5S/c1-18-10(11(13)16-17-18)8(15-14)6-19-9-5-3-2-4-7(9)12/h2-5,8,15H,6,14H2,1H3. The zero-order valence-electron chi connectivity index (χ0n) is 10.2. The SMILES string of the molecule is Cn1nnc(Br)c1C(CSc1ccccc1Br)NN. The van der Waals surface area contributed by atoms with Crippen LogP contribution in [0.25, 0.3) is 0 Å². The number of nitrogens with one attached hydrogen (secondary N) is 1. The number of hydrogen-bond acceptors (Lipinski definition) is 5. The minimum atomic E-state index is -0.0357. The second-order valence-electron chi connectivity index (χ2n) is 3.85. The molecule has 1 unspecified atom stereocenters. The van der Waals surface area contributed by atoms with E-state index < -0.39 is 0 Å². The van der Waals surface area contributed by atoms with Crippen LogP contribution in [0.5, 0.6) is 0 Å². The van der Waals surface area contributed by atoms with Crippen molar-refractivity contribution in [3.63, 3.8) is 0 Å². The van der Waals surface area contributed by atoms with Gasteiger partial charge in [0.15, 0.2) is 4.60 Å². The summed E-state index contributed by atoms with van der Waals surface area (Å²) >= 11 is 8.64. The highest BCUT2D eigenvalue weighted by molar-refractivity contribution is 9.10. The number of rotatable bonds is 5. The summed E-state index contributed by atoms with van der Waals surface area (Å²) in [4.78, 5) is 1.18. The van der Waals surface area contributed by atoms with E-state index in [0.29, 0.717) is 4.60 Å². The van der Waals surface area contributed by atoms with Crippen molar-refractivity contribution in [2.75, 3.05) is 5.75 Å². The van der Waals surface area contributed by atoms with Gasteiger partial charge in [-0.05, 0) is 44.0 Å². The van der Waals surface area contributed by atoms with Crippen LogP contribution >= 0.6 is 43.6 Å². The zero-order chi connectivity index (χ0) is 13.8. The first kappa shape index (κ1) is 15.0. The molecular weight excluding hydrogens is 394 g/mol. The summed E-state index contributed by atoms with van der Waals surface area (Å²) < 4.78 is 3.51. The molecule has 0 bridgehead atoms. The van der Waals surface area contributed by atoms with Gasteiger partial charge in [-0.1, -0.05) is 17.3 Å². The van der Waals surface area contributed by atoms with E-state index in [1.165, 1.54) is 4.90 Å². The summed E-state index contributed by atoms with van der Waals surface area (Å²) in [5, 5.41) is 7.94. The minimum absolute atomic E-state index is 0.0357. The predicted molar refractivity (Wildman–Crippen MR) is 83.6 cm³/mol. The second kappa shape index (κ2) is 6.85. The van der Waals surface area contributed by atoms with Crippen LogP contribution in [-0.4, -0.2) is 20.7 Å². The van der Waals surface area contributed by atoms with E-state index in [-0.39, 0.29) is 6.04 Å². The highest BCUT2D eigenvalue weighted by atomic mass is 79.9. The third kappa shape index (κ3) is 3.57. The Labute approximate surface area is 132 Å². The smallest absolute Gasteiger partial charge is 0.153 e. The fraction of sp³-hybridized carbons (Fsp3) is 0.273. The number of aromatic nitrogens is 3. The summed E-state index contributed by atoms with van der Waals surface area (Å²) in [5.74, 6) is 6.42. The maximum absolute atomic E-state index is 5.64. The first-order valence-corrected chi connectivity index (χ1v) is 8.09. The van der Waals surface area contributed by atoms with E-state index in [1.54, 1.807) is 16.4 Å². The van der Waals surface area contributed by atoms with Gasteiger partial charge in [0.25, 0.3) is 0 Å². The fourth-order valence-electron chi connectivity index (χ4n) is 1.65. The second-order valence-corrected chi connectivity index (χ2v) is 6.52. The molecule has 0 saturated carbocycles. The Hall–Kier alpha value is -0.410.